The second-order valence-corrected chi connectivity index (χ2v) is 3.09. The van der Waals surface area contributed by atoms with Crippen LogP contribution < -0.4 is 0 Å². The smallest absolute Gasteiger partial charge is 0.339 e. The number of aromatic nitrogens is 1. The monoisotopic (exact) mass is 229 g/mol. The number of aliphatic carboxylic acids is 1. The third-order valence-electron chi connectivity index (χ3n) is 1.67. The number of carbonyl (C=O) groups excluding carboxylic acids is 1. The van der Waals surface area contributed by atoms with Gasteiger partial charge in [0.2, 0.25) is 0 Å². The number of hydrogen-bond donors (Lipinski definition) is 1. The summed E-state index contributed by atoms with van der Waals surface area (Å²) in [5.74, 6) is -1.62. The Balaban J connectivity index is 3.05. The number of methoxy groups -OCH3 is 1. The highest BCUT2D eigenvalue weighted by atomic mass is 35.5. The molecular formula is C9H8ClNO4. The van der Waals surface area contributed by atoms with Crippen LogP contribution in [0.5, 0.6) is 0 Å². The van der Waals surface area contributed by atoms with E-state index in [2.05, 4.69) is 9.72 Å². The maximum atomic E-state index is 11.1. The lowest BCUT2D eigenvalue weighted by Gasteiger charge is -2.03. The molecule has 0 aliphatic heterocycles. The molecule has 1 rings (SSSR count). The molecule has 0 radical (unpaired) electrons. The molecule has 0 spiro atoms. The molecule has 0 aliphatic carbocycles. The molecule has 1 aromatic rings. The first kappa shape index (κ1) is 11.5. The largest absolute Gasteiger partial charge is 0.481 e. The van der Waals surface area contributed by atoms with Crippen molar-refractivity contribution < 1.29 is 19.4 Å². The van der Waals surface area contributed by atoms with Crippen LogP contribution in [0.15, 0.2) is 12.3 Å². The van der Waals surface area contributed by atoms with Gasteiger partial charge in [-0.25, -0.2) is 9.78 Å². The number of ether oxygens (including phenoxy) is 1. The summed E-state index contributed by atoms with van der Waals surface area (Å²) in [6.45, 7) is 0. The van der Waals surface area contributed by atoms with E-state index in [0.717, 1.165) is 0 Å². The van der Waals surface area contributed by atoms with Crippen LogP contribution >= 0.6 is 11.6 Å². The van der Waals surface area contributed by atoms with Gasteiger partial charge in [-0.3, -0.25) is 4.79 Å². The number of carboxylic acid groups (broad SMARTS) is 1. The zero-order valence-corrected chi connectivity index (χ0v) is 8.61. The summed E-state index contributed by atoms with van der Waals surface area (Å²) in [7, 11) is 1.23. The number of esters is 1. The highest BCUT2D eigenvalue weighted by Gasteiger charge is 2.12. The zero-order valence-electron chi connectivity index (χ0n) is 7.86. The molecule has 0 atom stereocenters. The molecule has 0 bridgehead atoms. The van der Waals surface area contributed by atoms with Crippen LogP contribution in [0.1, 0.15) is 15.9 Å². The molecule has 15 heavy (non-hydrogen) atoms. The van der Waals surface area contributed by atoms with Gasteiger partial charge < -0.3 is 9.84 Å². The summed E-state index contributed by atoms with van der Waals surface area (Å²) < 4.78 is 4.47. The van der Waals surface area contributed by atoms with Crippen LogP contribution in [0.2, 0.25) is 5.15 Å². The average molecular weight is 230 g/mol. The van der Waals surface area contributed by atoms with Crippen LogP contribution in [0.25, 0.3) is 0 Å². The Labute approximate surface area is 90.6 Å². The van der Waals surface area contributed by atoms with Gasteiger partial charge in [-0.2, -0.15) is 0 Å². The fraction of sp³-hybridized carbons (Fsp3) is 0.222. The topological polar surface area (TPSA) is 76.5 Å². The minimum absolute atomic E-state index is 0.0741. The average Bonchev–Trinajstić information content (AvgIpc) is 2.19. The number of carbonyl (C=O) groups is 2. The minimum atomic E-state index is -1.04. The van der Waals surface area contributed by atoms with E-state index in [9.17, 15) is 9.59 Å². The van der Waals surface area contributed by atoms with Crippen LogP contribution in [0, 0.1) is 0 Å². The number of nitrogens with zero attached hydrogens (tertiary/aromatic N) is 1. The Bertz CT molecular complexity index is 405. The van der Waals surface area contributed by atoms with E-state index in [4.69, 9.17) is 16.7 Å². The summed E-state index contributed by atoms with van der Waals surface area (Å²) in [6.07, 6.45) is 0.955. The minimum Gasteiger partial charge on any atom is -0.481 e. The third-order valence-corrected chi connectivity index (χ3v) is 2.01. The number of rotatable bonds is 3. The van der Waals surface area contributed by atoms with E-state index in [1.165, 1.54) is 19.4 Å². The number of carboxylic acids is 1. The highest BCUT2D eigenvalue weighted by Crippen LogP contribution is 2.15. The van der Waals surface area contributed by atoms with E-state index in [1.54, 1.807) is 0 Å². The zero-order chi connectivity index (χ0) is 11.4. The van der Waals surface area contributed by atoms with Gasteiger partial charge in [-0.15, -0.1) is 0 Å². The molecule has 1 N–H and O–H groups in total. The Morgan fingerprint density at radius 2 is 2.27 bits per heavy atom. The van der Waals surface area contributed by atoms with Crippen LogP contribution in [-0.4, -0.2) is 29.1 Å². The third kappa shape index (κ3) is 2.92. The van der Waals surface area contributed by atoms with Crippen molar-refractivity contribution in [2.75, 3.05) is 7.11 Å². The maximum Gasteiger partial charge on any atom is 0.339 e. The first-order valence-electron chi connectivity index (χ1n) is 3.99. The van der Waals surface area contributed by atoms with E-state index in [1.807, 2.05) is 0 Å². The van der Waals surface area contributed by atoms with Gasteiger partial charge in [-0.05, 0) is 6.07 Å². The van der Waals surface area contributed by atoms with Gasteiger partial charge in [0, 0.05) is 11.8 Å². The first-order valence-corrected chi connectivity index (χ1v) is 4.37. The molecule has 5 nitrogen and oxygen atoms in total. The fourth-order valence-electron chi connectivity index (χ4n) is 1.01. The van der Waals surface area contributed by atoms with Crippen LogP contribution in [0.4, 0.5) is 0 Å². The summed E-state index contributed by atoms with van der Waals surface area (Å²) >= 11 is 5.66. The lowest BCUT2D eigenvalue weighted by molar-refractivity contribution is -0.136. The molecule has 0 aromatic carbocycles. The summed E-state index contributed by atoms with van der Waals surface area (Å²) in [5.41, 5.74) is 0.463. The van der Waals surface area contributed by atoms with Gasteiger partial charge in [0.15, 0.2) is 0 Å². The molecule has 0 fully saturated rings. The summed E-state index contributed by atoms with van der Waals surface area (Å²) in [5, 5.41) is 8.65. The van der Waals surface area contributed by atoms with Gasteiger partial charge in [0.25, 0.3) is 0 Å². The number of pyridine rings is 1. The molecule has 6 heteroatoms. The van der Waals surface area contributed by atoms with Crippen molar-refractivity contribution in [2.45, 2.75) is 6.42 Å². The predicted octanol–water partition coefficient (Wildman–Crippen LogP) is 1.15. The Kier molecular flexibility index (Phi) is 3.62. The van der Waals surface area contributed by atoms with E-state index in [-0.39, 0.29) is 22.7 Å². The number of halogens is 1. The second kappa shape index (κ2) is 4.75. The molecule has 0 saturated heterocycles. The quantitative estimate of drug-likeness (QED) is 0.622. The molecular weight excluding hydrogens is 222 g/mol. The van der Waals surface area contributed by atoms with Gasteiger partial charge >= 0.3 is 11.9 Å². The molecule has 0 amide bonds. The molecule has 0 saturated carbocycles. The Morgan fingerprint density at radius 1 is 1.60 bits per heavy atom. The van der Waals surface area contributed by atoms with Crippen molar-refractivity contribution in [1.29, 1.82) is 0 Å². The van der Waals surface area contributed by atoms with Crippen molar-refractivity contribution in [2.24, 2.45) is 0 Å². The maximum absolute atomic E-state index is 11.1. The van der Waals surface area contributed by atoms with Crippen LogP contribution in [0.3, 0.4) is 0 Å². The lowest BCUT2D eigenvalue weighted by atomic mass is 10.1. The van der Waals surface area contributed by atoms with Crippen molar-refractivity contribution in [1.82, 2.24) is 4.98 Å². The standard InChI is InChI=1S/C9H8ClNO4/c1-15-9(14)6-2-5(3-7(12)13)8(10)11-4-6/h2,4H,3H2,1H3,(H,12,13). The Morgan fingerprint density at radius 3 is 2.80 bits per heavy atom. The lowest BCUT2D eigenvalue weighted by Crippen LogP contribution is -2.06. The highest BCUT2D eigenvalue weighted by molar-refractivity contribution is 6.30. The van der Waals surface area contributed by atoms with Crippen molar-refractivity contribution in [3.63, 3.8) is 0 Å². The van der Waals surface area contributed by atoms with E-state index < -0.39 is 11.9 Å². The first-order chi connectivity index (χ1) is 7.04. The van der Waals surface area contributed by atoms with E-state index >= 15 is 0 Å². The molecule has 0 aliphatic rings. The summed E-state index contributed by atoms with van der Waals surface area (Å²) in [6, 6.07) is 1.36. The van der Waals surface area contributed by atoms with Crippen molar-refractivity contribution >= 4 is 23.5 Å². The van der Waals surface area contributed by atoms with Crippen LogP contribution in [-0.2, 0) is 16.0 Å². The van der Waals surface area contributed by atoms with Gasteiger partial charge in [-0.1, -0.05) is 11.6 Å². The summed E-state index contributed by atoms with van der Waals surface area (Å²) in [4.78, 5) is 25.3. The molecule has 1 heterocycles. The normalized spacial score (nSPS) is 9.73. The van der Waals surface area contributed by atoms with Gasteiger partial charge in [0.05, 0.1) is 19.1 Å². The van der Waals surface area contributed by atoms with Gasteiger partial charge in [0.1, 0.15) is 5.15 Å². The van der Waals surface area contributed by atoms with Crippen molar-refractivity contribution in [3.05, 3.63) is 28.5 Å². The second-order valence-electron chi connectivity index (χ2n) is 2.74. The van der Waals surface area contributed by atoms with Crippen molar-refractivity contribution in [3.8, 4) is 0 Å². The number of hydrogen-bond acceptors (Lipinski definition) is 4. The SMILES string of the molecule is COC(=O)c1cnc(Cl)c(CC(=O)O)c1. The fourth-order valence-corrected chi connectivity index (χ4v) is 1.18. The molecule has 1 aromatic heterocycles. The Hall–Kier alpha value is -1.62. The predicted molar refractivity (Wildman–Crippen MR) is 51.9 cm³/mol. The molecule has 80 valence electrons. The molecule has 0 unspecified atom stereocenters. The van der Waals surface area contributed by atoms with E-state index in [0.29, 0.717) is 0 Å².